The van der Waals surface area contributed by atoms with E-state index in [9.17, 15) is 9.59 Å². The molecule has 6 heteroatoms. The first kappa shape index (κ1) is 15.3. The van der Waals surface area contributed by atoms with Crippen LogP contribution in [0.15, 0.2) is 0 Å². The quantitative estimate of drug-likeness (QED) is 0.745. The molecular formula is C14H24N2O4. The first-order valence-electron chi connectivity index (χ1n) is 7.31. The standard InChI is InChI=1S/C14H24N2O4/c1-20-5-4-12(15)14(19)16-10-2-3-11(16)7-9(6-10)8-13(17)18/h9-12H,2-8,15H2,1H3,(H,17,18). The average molecular weight is 284 g/mol. The average Bonchev–Trinajstić information content (AvgIpc) is 2.66. The molecule has 0 aromatic carbocycles. The molecule has 3 N–H and O–H groups in total. The van der Waals surface area contributed by atoms with Crippen LogP contribution in [0, 0.1) is 5.92 Å². The normalized spacial score (nSPS) is 30.3. The summed E-state index contributed by atoms with van der Waals surface area (Å²) >= 11 is 0. The molecule has 0 aromatic heterocycles. The summed E-state index contributed by atoms with van der Waals surface area (Å²) in [5, 5.41) is 8.90. The maximum atomic E-state index is 12.4. The third kappa shape index (κ3) is 3.30. The number of nitrogens with two attached hydrogens (primary N) is 1. The molecule has 2 saturated heterocycles. The van der Waals surface area contributed by atoms with Gasteiger partial charge in [0.15, 0.2) is 0 Å². The minimum atomic E-state index is -0.744. The predicted octanol–water partition coefficient (Wildman–Crippen LogP) is 0.595. The van der Waals surface area contributed by atoms with Crippen molar-refractivity contribution in [2.75, 3.05) is 13.7 Å². The minimum absolute atomic E-state index is 0.00308. The molecule has 3 unspecified atom stereocenters. The number of hydrogen-bond donors (Lipinski definition) is 2. The van der Waals surface area contributed by atoms with Gasteiger partial charge in [0.05, 0.1) is 6.04 Å². The number of methoxy groups -OCH3 is 1. The highest BCUT2D eigenvalue weighted by Gasteiger charge is 2.44. The van der Waals surface area contributed by atoms with Gasteiger partial charge in [-0.05, 0) is 38.0 Å². The van der Waals surface area contributed by atoms with Crippen LogP contribution in [0.5, 0.6) is 0 Å². The van der Waals surface area contributed by atoms with Gasteiger partial charge in [0.2, 0.25) is 5.91 Å². The van der Waals surface area contributed by atoms with E-state index in [1.54, 1.807) is 7.11 Å². The van der Waals surface area contributed by atoms with Gasteiger partial charge in [-0.2, -0.15) is 0 Å². The summed E-state index contributed by atoms with van der Waals surface area (Å²) in [6, 6.07) is -0.146. The van der Waals surface area contributed by atoms with Crippen LogP contribution in [0.2, 0.25) is 0 Å². The highest BCUT2D eigenvalue weighted by molar-refractivity contribution is 5.82. The summed E-state index contributed by atoms with van der Waals surface area (Å²) in [5.41, 5.74) is 5.94. The van der Waals surface area contributed by atoms with Crippen LogP contribution in [0.3, 0.4) is 0 Å². The lowest BCUT2D eigenvalue weighted by atomic mass is 9.87. The summed E-state index contributed by atoms with van der Waals surface area (Å²) in [7, 11) is 1.60. The molecule has 2 rings (SSSR count). The molecule has 0 saturated carbocycles. The summed E-state index contributed by atoms with van der Waals surface area (Å²) in [6.07, 6.45) is 4.29. The smallest absolute Gasteiger partial charge is 0.303 e. The Morgan fingerprint density at radius 3 is 2.45 bits per heavy atom. The Balaban J connectivity index is 1.94. The van der Waals surface area contributed by atoms with Crippen molar-refractivity contribution in [3.63, 3.8) is 0 Å². The van der Waals surface area contributed by atoms with Crippen molar-refractivity contribution in [2.24, 2.45) is 11.7 Å². The van der Waals surface area contributed by atoms with Crippen molar-refractivity contribution < 1.29 is 19.4 Å². The van der Waals surface area contributed by atoms with E-state index in [1.165, 1.54) is 0 Å². The van der Waals surface area contributed by atoms with Gasteiger partial charge in [-0.15, -0.1) is 0 Å². The Morgan fingerprint density at radius 2 is 1.95 bits per heavy atom. The van der Waals surface area contributed by atoms with Crippen molar-refractivity contribution in [2.45, 2.75) is 56.7 Å². The maximum Gasteiger partial charge on any atom is 0.303 e. The number of fused-ring (bicyclic) bond motifs is 2. The van der Waals surface area contributed by atoms with Crippen molar-refractivity contribution in [1.29, 1.82) is 0 Å². The zero-order valence-electron chi connectivity index (χ0n) is 12.0. The summed E-state index contributed by atoms with van der Waals surface area (Å²) in [5.74, 6) is -0.543. The number of carbonyl (C=O) groups excluding carboxylic acids is 1. The summed E-state index contributed by atoms with van der Waals surface area (Å²) in [6.45, 7) is 0.484. The van der Waals surface area contributed by atoms with Gasteiger partial charge in [0.25, 0.3) is 0 Å². The van der Waals surface area contributed by atoms with E-state index in [0.29, 0.717) is 13.0 Å². The van der Waals surface area contributed by atoms with Crippen LogP contribution < -0.4 is 5.73 Å². The second-order valence-corrected chi connectivity index (χ2v) is 5.95. The topological polar surface area (TPSA) is 92.9 Å². The second-order valence-electron chi connectivity index (χ2n) is 5.95. The molecule has 0 spiro atoms. The van der Waals surface area contributed by atoms with E-state index >= 15 is 0 Å². The van der Waals surface area contributed by atoms with Gasteiger partial charge in [-0.3, -0.25) is 9.59 Å². The maximum absolute atomic E-state index is 12.4. The second kappa shape index (κ2) is 6.54. The number of carboxylic acids is 1. The molecule has 2 aliphatic heterocycles. The molecule has 2 fully saturated rings. The number of carboxylic acid groups (broad SMARTS) is 1. The van der Waals surface area contributed by atoms with Crippen LogP contribution in [0.1, 0.15) is 38.5 Å². The number of ether oxygens (including phenoxy) is 1. The van der Waals surface area contributed by atoms with E-state index in [4.69, 9.17) is 15.6 Å². The Hall–Kier alpha value is -1.14. The van der Waals surface area contributed by atoms with Crippen molar-refractivity contribution in [3.8, 4) is 0 Å². The first-order chi connectivity index (χ1) is 9.52. The van der Waals surface area contributed by atoms with E-state index < -0.39 is 12.0 Å². The molecule has 3 atom stereocenters. The van der Waals surface area contributed by atoms with Crippen molar-refractivity contribution >= 4 is 11.9 Å². The van der Waals surface area contributed by atoms with E-state index in [-0.39, 0.29) is 30.3 Å². The number of piperidine rings is 1. The number of hydrogen-bond acceptors (Lipinski definition) is 4. The summed E-state index contributed by atoms with van der Waals surface area (Å²) in [4.78, 5) is 25.2. The van der Waals surface area contributed by atoms with Crippen LogP contribution >= 0.6 is 0 Å². The van der Waals surface area contributed by atoms with E-state index in [2.05, 4.69) is 0 Å². The predicted molar refractivity (Wildman–Crippen MR) is 73.1 cm³/mol. The summed E-state index contributed by atoms with van der Waals surface area (Å²) < 4.78 is 4.96. The fourth-order valence-electron chi connectivity index (χ4n) is 3.62. The molecule has 20 heavy (non-hydrogen) atoms. The molecule has 0 aliphatic carbocycles. The fraction of sp³-hybridized carbons (Fsp3) is 0.857. The van der Waals surface area contributed by atoms with Crippen LogP contribution in [-0.4, -0.2) is 53.7 Å². The van der Waals surface area contributed by atoms with Gasteiger partial charge in [0.1, 0.15) is 0 Å². The molecule has 2 bridgehead atoms. The minimum Gasteiger partial charge on any atom is -0.481 e. The van der Waals surface area contributed by atoms with Crippen molar-refractivity contribution in [1.82, 2.24) is 4.90 Å². The van der Waals surface area contributed by atoms with Crippen molar-refractivity contribution in [3.05, 3.63) is 0 Å². The Bertz CT molecular complexity index is 360. The molecular weight excluding hydrogens is 260 g/mol. The van der Waals surface area contributed by atoms with Gasteiger partial charge in [0, 0.05) is 32.2 Å². The molecule has 114 valence electrons. The Morgan fingerprint density at radius 1 is 1.35 bits per heavy atom. The van der Waals surface area contributed by atoms with E-state index in [0.717, 1.165) is 25.7 Å². The van der Waals surface area contributed by atoms with Gasteiger partial charge in [-0.25, -0.2) is 0 Å². The lowest BCUT2D eigenvalue weighted by molar-refractivity contribution is -0.140. The zero-order chi connectivity index (χ0) is 14.7. The Labute approximate surface area is 119 Å². The SMILES string of the molecule is COCCC(N)C(=O)N1C2CCC1CC(CC(=O)O)C2. The number of aliphatic carboxylic acids is 1. The van der Waals surface area contributed by atoms with Gasteiger partial charge in [-0.1, -0.05) is 0 Å². The third-order valence-electron chi connectivity index (χ3n) is 4.50. The molecule has 0 aromatic rings. The molecule has 0 radical (unpaired) electrons. The highest BCUT2D eigenvalue weighted by Crippen LogP contribution is 2.40. The number of amides is 1. The first-order valence-corrected chi connectivity index (χ1v) is 7.31. The Kier molecular flexibility index (Phi) is 4.99. The molecule has 2 aliphatic rings. The third-order valence-corrected chi connectivity index (χ3v) is 4.50. The van der Waals surface area contributed by atoms with Crippen LogP contribution in [0.4, 0.5) is 0 Å². The number of carbonyl (C=O) groups is 2. The largest absolute Gasteiger partial charge is 0.481 e. The number of rotatable bonds is 6. The fourth-order valence-corrected chi connectivity index (χ4v) is 3.62. The van der Waals surface area contributed by atoms with Crippen LogP contribution in [0.25, 0.3) is 0 Å². The lowest BCUT2D eigenvalue weighted by Crippen LogP contribution is -2.53. The van der Waals surface area contributed by atoms with Gasteiger partial charge < -0.3 is 20.5 Å². The van der Waals surface area contributed by atoms with Crippen LogP contribution in [-0.2, 0) is 14.3 Å². The monoisotopic (exact) mass is 284 g/mol. The number of nitrogens with zero attached hydrogens (tertiary/aromatic N) is 1. The highest BCUT2D eigenvalue weighted by atomic mass is 16.5. The van der Waals surface area contributed by atoms with E-state index in [1.807, 2.05) is 4.90 Å². The molecule has 2 heterocycles. The zero-order valence-corrected chi connectivity index (χ0v) is 12.0. The lowest BCUT2D eigenvalue weighted by Gasteiger charge is -2.39. The molecule has 1 amide bonds. The van der Waals surface area contributed by atoms with Gasteiger partial charge >= 0.3 is 5.97 Å². The molecule has 6 nitrogen and oxygen atoms in total.